The average molecular weight is 697 g/mol. The number of halogens is 1. The van der Waals surface area contributed by atoms with Gasteiger partial charge in [0.05, 0.1) is 27.4 Å². The van der Waals surface area contributed by atoms with Crippen LogP contribution in [-0.4, -0.2) is 70.8 Å². The van der Waals surface area contributed by atoms with E-state index in [9.17, 15) is 24.0 Å². The molecule has 0 saturated heterocycles. The van der Waals surface area contributed by atoms with Crippen molar-refractivity contribution in [2.45, 2.75) is 6.42 Å². The van der Waals surface area contributed by atoms with E-state index in [1.54, 1.807) is 38.1 Å². The van der Waals surface area contributed by atoms with Crippen LogP contribution in [0.5, 0.6) is 0 Å². The summed E-state index contributed by atoms with van der Waals surface area (Å²) in [6.07, 6.45) is 4.87. The maximum absolute atomic E-state index is 13.1. The van der Waals surface area contributed by atoms with Gasteiger partial charge in [-0.15, -0.1) is 5.10 Å². The minimum absolute atomic E-state index is 0.0405. The van der Waals surface area contributed by atoms with Crippen LogP contribution in [0.4, 0.5) is 23.0 Å². The number of anilines is 4. The van der Waals surface area contributed by atoms with E-state index in [0.717, 1.165) is 0 Å². The van der Waals surface area contributed by atoms with E-state index in [4.69, 9.17) is 11.1 Å². The second-order valence-corrected chi connectivity index (χ2v) is 10.9. The number of carbonyl (C=O) groups is 5. The number of aromatic nitrogens is 6. The van der Waals surface area contributed by atoms with Crippen LogP contribution in [0, 0.1) is 5.41 Å². The van der Waals surface area contributed by atoms with Crippen LogP contribution in [0.1, 0.15) is 48.5 Å². The maximum Gasteiger partial charge on any atom is 0.293 e. The van der Waals surface area contributed by atoms with Gasteiger partial charge in [-0.05, 0) is 34.1 Å². The van der Waals surface area contributed by atoms with Gasteiger partial charge in [0.15, 0.2) is 0 Å². The van der Waals surface area contributed by atoms with Gasteiger partial charge in [-0.1, -0.05) is 6.58 Å². The molecule has 0 aliphatic rings. The zero-order valence-electron chi connectivity index (χ0n) is 24.8. The minimum Gasteiger partial charge on any atom is -0.388 e. The molecule has 9 N–H and O–H groups in total. The van der Waals surface area contributed by atoms with Crippen molar-refractivity contribution in [3.05, 3.63) is 70.8 Å². The first kappa shape index (κ1) is 32.9. The van der Waals surface area contributed by atoms with Crippen molar-refractivity contribution in [3.8, 4) is 0 Å². The number of H-pyrrole nitrogens is 1. The topological polar surface area (TPSA) is 252 Å². The molecule has 0 aliphatic carbocycles. The zero-order valence-corrected chi connectivity index (χ0v) is 26.4. The Morgan fingerprint density at radius 3 is 1.74 bits per heavy atom. The van der Waals surface area contributed by atoms with Crippen LogP contribution >= 0.6 is 15.9 Å². The summed E-state index contributed by atoms with van der Waals surface area (Å²) in [7, 11) is 4.90. The molecule has 0 bridgehead atoms. The summed E-state index contributed by atoms with van der Waals surface area (Å²) in [4.78, 5) is 66.7. The summed E-state index contributed by atoms with van der Waals surface area (Å²) in [5.41, 5.74) is 7.05. The molecule has 4 aromatic rings. The third-order valence-electron chi connectivity index (χ3n) is 6.34. The molecule has 0 atom stereocenters. The van der Waals surface area contributed by atoms with E-state index in [1.807, 2.05) is 0 Å². The SMILES string of the molecule is C=C(Br)C(=O)Nc1n[nH]c(C(=O)Nc2cc(C(=O)Nc3cc(C(=O)Nc4cc(C(=O)NCCC(=N)N)n(C)c4)n(C)c3)n(C)c2)n1. The van der Waals surface area contributed by atoms with Gasteiger partial charge >= 0.3 is 0 Å². The predicted octanol–water partition coefficient (Wildman–Crippen LogP) is 1.48. The minimum atomic E-state index is -0.666. The third-order valence-corrected chi connectivity index (χ3v) is 6.70. The second kappa shape index (κ2) is 13.8. The fourth-order valence-corrected chi connectivity index (χ4v) is 4.25. The molecule has 4 aromatic heterocycles. The number of hydrogen-bond acceptors (Lipinski definition) is 8. The van der Waals surface area contributed by atoms with Crippen molar-refractivity contribution in [2.75, 3.05) is 27.8 Å². The molecule has 5 amide bonds. The standard InChI is InChI=1S/C27H30BrN13O5/c1-13(28)22(42)36-27-35-21(37-38-27)26(46)34-16-9-19(41(4)12-16)25(45)33-15-8-18(40(3)11-15)24(44)32-14-7-17(39(2)10-14)23(43)31-6-5-20(29)30/h7-12H,1,5-6H2,2-4H3,(H3,29,30)(H,31,43)(H,32,44)(H,33,45)(H,34,46)(H2,35,36,37,38,42). The summed E-state index contributed by atoms with van der Waals surface area (Å²) in [5, 5.41) is 26.5. The molecule has 18 nitrogen and oxygen atoms in total. The van der Waals surface area contributed by atoms with Crippen LogP contribution in [0.15, 0.2) is 47.9 Å². The number of amidine groups is 1. The Kier molecular flexibility index (Phi) is 9.85. The van der Waals surface area contributed by atoms with Crippen molar-refractivity contribution < 1.29 is 24.0 Å². The Labute approximate surface area is 269 Å². The molecule has 0 aromatic carbocycles. The first-order valence-electron chi connectivity index (χ1n) is 13.3. The Bertz CT molecular complexity index is 1880. The van der Waals surface area contributed by atoms with E-state index in [0.29, 0.717) is 17.1 Å². The fraction of sp³-hybridized carbons (Fsp3) is 0.185. The number of nitrogens with zero attached hydrogens (tertiary/aromatic N) is 5. The molecule has 0 spiro atoms. The molecule has 0 fully saturated rings. The van der Waals surface area contributed by atoms with Gasteiger partial charge in [0.2, 0.25) is 11.8 Å². The molecule has 0 unspecified atom stereocenters. The van der Waals surface area contributed by atoms with E-state index in [2.05, 4.69) is 64.3 Å². The van der Waals surface area contributed by atoms with Gasteiger partial charge < -0.3 is 40.7 Å². The molecule has 0 radical (unpaired) electrons. The van der Waals surface area contributed by atoms with Crippen LogP contribution < -0.4 is 32.3 Å². The number of carbonyl (C=O) groups excluding carboxylic acids is 5. The number of aromatic amines is 1. The fourth-order valence-electron chi connectivity index (χ4n) is 4.15. The quantitative estimate of drug-likeness (QED) is 0.0610. The van der Waals surface area contributed by atoms with Crippen LogP contribution in [0.3, 0.4) is 0 Å². The Balaban J connectivity index is 1.37. The van der Waals surface area contributed by atoms with Gasteiger partial charge in [-0.3, -0.25) is 39.8 Å². The lowest BCUT2D eigenvalue weighted by Crippen LogP contribution is -2.28. The first-order chi connectivity index (χ1) is 21.7. The zero-order chi connectivity index (χ0) is 33.7. The second-order valence-electron chi connectivity index (χ2n) is 9.93. The summed E-state index contributed by atoms with van der Waals surface area (Å²) in [6, 6.07) is 4.45. The van der Waals surface area contributed by atoms with Gasteiger partial charge in [-0.25, -0.2) is 0 Å². The number of hydrogen-bond donors (Lipinski definition) is 8. The van der Waals surface area contributed by atoms with Crippen molar-refractivity contribution >= 4 is 74.3 Å². The third kappa shape index (κ3) is 7.94. The average Bonchev–Trinajstić information content (AvgIpc) is 3.75. The maximum atomic E-state index is 13.1. The van der Waals surface area contributed by atoms with Crippen LogP contribution in [-0.2, 0) is 25.9 Å². The van der Waals surface area contributed by atoms with Gasteiger partial charge in [0.25, 0.3) is 29.5 Å². The smallest absolute Gasteiger partial charge is 0.293 e. The van der Waals surface area contributed by atoms with Crippen molar-refractivity contribution in [1.82, 2.24) is 34.2 Å². The number of aryl methyl sites for hydroxylation is 3. The monoisotopic (exact) mass is 695 g/mol. The lowest BCUT2D eigenvalue weighted by atomic mass is 10.3. The molecule has 4 heterocycles. The van der Waals surface area contributed by atoms with Crippen molar-refractivity contribution in [2.24, 2.45) is 26.9 Å². The number of rotatable bonds is 12. The Morgan fingerprint density at radius 1 is 0.826 bits per heavy atom. The summed E-state index contributed by atoms with van der Waals surface area (Å²) < 4.78 is 4.64. The molecular formula is C27H30BrN13O5. The lowest BCUT2D eigenvalue weighted by molar-refractivity contribution is -0.112. The summed E-state index contributed by atoms with van der Waals surface area (Å²) in [6.45, 7) is 3.64. The molecule has 240 valence electrons. The highest BCUT2D eigenvalue weighted by Crippen LogP contribution is 2.20. The van der Waals surface area contributed by atoms with E-state index >= 15 is 0 Å². The van der Waals surface area contributed by atoms with E-state index < -0.39 is 23.6 Å². The van der Waals surface area contributed by atoms with Gasteiger partial charge in [0, 0.05) is 52.7 Å². The highest BCUT2D eigenvalue weighted by Gasteiger charge is 2.20. The Morgan fingerprint density at radius 2 is 1.28 bits per heavy atom. The van der Waals surface area contributed by atoms with Crippen LogP contribution in [0.2, 0.25) is 0 Å². The predicted molar refractivity (Wildman–Crippen MR) is 172 cm³/mol. The molecular weight excluding hydrogens is 666 g/mol. The summed E-state index contributed by atoms with van der Waals surface area (Å²) >= 11 is 2.93. The molecule has 4 rings (SSSR count). The molecule has 0 saturated carbocycles. The van der Waals surface area contributed by atoms with Crippen LogP contribution in [0.25, 0.3) is 0 Å². The molecule has 0 aliphatic heterocycles. The number of amides is 5. The molecule has 19 heteroatoms. The van der Waals surface area contributed by atoms with Gasteiger partial charge in [-0.2, -0.15) is 4.98 Å². The highest BCUT2D eigenvalue weighted by atomic mass is 79.9. The van der Waals surface area contributed by atoms with E-state index in [1.165, 1.54) is 33.5 Å². The number of nitrogens with one attached hydrogen (secondary N) is 7. The van der Waals surface area contributed by atoms with Crippen molar-refractivity contribution in [3.63, 3.8) is 0 Å². The number of nitrogens with two attached hydrogens (primary N) is 1. The largest absolute Gasteiger partial charge is 0.388 e. The van der Waals surface area contributed by atoms with Gasteiger partial charge in [0.1, 0.15) is 17.1 Å². The lowest BCUT2D eigenvalue weighted by Gasteiger charge is -2.04. The normalized spacial score (nSPS) is 10.6. The first-order valence-corrected chi connectivity index (χ1v) is 14.1. The van der Waals surface area contributed by atoms with Crippen molar-refractivity contribution in [1.29, 1.82) is 5.41 Å². The summed E-state index contributed by atoms with van der Waals surface area (Å²) in [5.74, 6) is -2.96. The van der Waals surface area contributed by atoms with E-state index in [-0.39, 0.29) is 58.0 Å². The highest BCUT2D eigenvalue weighted by molar-refractivity contribution is 9.12. The Hall–Kier alpha value is -5.98. The molecule has 46 heavy (non-hydrogen) atoms.